The molecule has 6 heteroatoms. The average Bonchev–Trinajstić information content (AvgIpc) is 2.54. The highest BCUT2D eigenvalue weighted by atomic mass is 16.1. The molecule has 1 aliphatic heterocycles. The Hall–Kier alpha value is -1.69. The van der Waals surface area contributed by atoms with Gasteiger partial charge in [-0.25, -0.2) is 0 Å². The Labute approximate surface area is 126 Å². The van der Waals surface area contributed by atoms with Gasteiger partial charge in [-0.15, -0.1) is 10.2 Å². The van der Waals surface area contributed by atoms with E-state index in [0.717, 1.165) is 18.8 Å². The lowest BCUT2D eigenvalue weighted by Gasteiger charge is -2.39. The Bertz CT molecular complexity index is 462. The smallest absolute Gasteiger partial charge is 0.271 e. The minimum Gasteiger partial charge on any atom is -0.351 e. The van der Waals surface area contributed by atoms with Crippen molar-refractivity contribution < 1.29 is 4.79 Å². The van der Waals surface area contributed by atoms with Crippen LogP contribution in [0.25, 0.3) is 0 Å². The van der Waals surface area contributed by atoms with Crippen LogP contribution in [0.3, 0.4) is 0 Å². The van der Waals surface area contributed by atoms with Gasteiger partial charge in [-0.05, 0) is 52.3 Å². The maximum atomic E-state index is 11.7. The van der Waals surface area contributed by atoms with Gasteiger partial charge >= 0.3 is 0 Å². The number of hydrogen-bond donors (Lipinski definition) is 2. The van der Waals surface area contributed by atoms with Crippen molar-refractivity contribution in [2.45, 2.75) is 45.2 Å². The molecule has 0 radical (unpaired) electrons. The Kier molecular flexibility index (Phi) is 5.50. The van der Waals surface area contributed by atoms with E-state index in [-0.39, 0.29) is 5.91 Å². The first-order valence-electron chi connectivity index (χ1n) is 7.73. The minimum atomic E-state index is -0.171. The van der Waals surface area contributed by atoms with Crippen LogP contribution in [0.2, 0.25) is 0 Å². The number of nitrogens with one attached hydrogen (secondary N) is 2. The van der Waals surface area contributed by atoms with E-state index >= 15 is 0 Å². The van der Waals surface area contributed by atoms with Crippen LogP contribution in [-0.4, -0.2) is 48.3 Å². The molecule has 2 atom stereocenters. The maximum Gasteiger partial charge on any atom is 0.271 e. The van der Waals surface area contributed by atoms with E-state index in [2.05, 4.69) is 32.7 Å². The summed E-state index contributed by atoms with van der Waals surface area (Å²) in [6.07, 6.45) is 3.58. The van der Waals surface area contributed by atoms with E-state index in [1.165, 1.54) is 12.8 Å². The second-order valence-corrected chi connectivity index (χ2v) is 5.47. The average molecular weight is 291 g/mol. The van der Waals surface area contributed by atoms with Crippen molar-refractivity contribution in [3.05, 3.63) is 17.8 Å². The van der Waals surface area contributed by atoms with Gasteiger partial charge in [0.05, 0.1) is 0 Å². The zero-order valence-corrected chi connectivity index (χ0v) is 13.1. The lowest BCUT2D eigenvalue weighted by Crippen LogP contribution is -2.50. The topological polar surface area (TPSA) is 70.2 Å². The number of hydrogen-bond acceptors (Lipinski definition) is 5. The van der Waals surface area contributed by atoms with Gasteiger partial charge in [0.1, 0.15) is 0 Å². The van der Waals surface area contributed by atoms with Crippen LogP contribution >= 0.6 is 0 Å². The molecule has 0 spiro atoms. The fraction of sp³-hybridized carbons (Fsp3) is 0.667. The van der Waals surface area contributed by atoms with Crippen LogP contribution < -0.4 is 15.5 Å². The molecule has 1 amide bonds. The quantitative estimate of drug-likeness (QED) is 0.853. The number of piperidine rings is 1. The molecule has 6 nitrogen and oxygen atoms in total. The van der Waals surface area contributed by atoms with Gasteiger partial charge in [0, 0.05) is 25.2 Å². The molecule has 0 bridgehead atoms. The van der Waals surface area contributed by atoms with E-state index in [1.807, 2.05) is 20.0 Å². The highest BCUT2D eigenvalue weighted by Crippen LogP contribution is 2.24. The SMILES string of the molecule is CCNC(=O)c1ccc(N2CCCCC2C(C)NC)nn1. The highest BCUT2D eigenvalue weighted by Gasteiger charge is 2.27. The van der Waals surface area contributed by atoms with Crippen molar-refractivity contribution in [3.63, 3.8) is 0 Å². The normalized spacial score (nSPS) is 20.1. The molecule has 0 aliphatic carbocycles. The summed E-state index contributed by atoms with van der Waals surface area (Å²) in [7, 11) is 1.99. The summed E-state index contributed by atoms with van der Waals surface area (Å²) in [6, 6.07) is 4.48. The predicted octanol–water partition coefficient (Wildman–Crippen LogP) is 1.19. The number of aromatic nitrogens is 2. The van der Waals surface area contributed by atoms with Crippen molar-refractivity contribution in [1.82, 2.24) is 20.8 Å². The molecule has 1 aromatic heterocycles. The highest BCUT2D eigenvalue weighted by molar-refractivity contribution is 5.92. The molecule has 1 fully saturated rings. The van der Waals surface area contributed by atoms with E-state index in [0.29, 0.717) is 24.3 Å². The molecule has 1 saturated heterocycles. The largest absolute Gasteiger partial charge is 0.351 e. The fourth-order valence-corrected chi connectivity index (χ4v) is 2.80. The summed E-state index contributed by atoms with van der Waals surface area (Å²) in [4.78, 5) is 14.0. The molecule has 21 heavy (non-hydrogen) atoms. The number of rotatable bonds is 5. The Morgan fingerprint density at radius 1 is 1.43 bits per heavy atom. The van der Waals surface area contributed by atoms with E-state index in [1.54, 1.807) is 6.07 Å². The van der Waals surface area contributed by atoms with Crippen molar-refractivity contribution in [1.29, 1.82) is 0 Å². The van der Waals surface area contributed by atoms with Crippen LogP contribution in [0.5, 0.6) is 0 Å². The zero-order chi connectivity index (χ0) is 15.2. The molecule has 2 N–H and O–H groups in total. The molecule has 1 aromatic rings. The first-order chi connectivity index (χ1) is 10.2. The number of carbonyl (C=O) groups is 1. The van der Waals surface area contributed by atoms with Crippen molar-refractivity contribution in [3.8, 4) is 0 Å². The van der Waals surface area contributed by atoms with Gasteiger partial charge < -0.3 is 15.5 Å². The van der Waals surface area contributed by atoms with Crippen LogP contribution in [0.15, 0.2) is 12.1 Å². The summed E-state index contributed by atoms with van der Waals surface area (Å²) < 4.78 is 0. The van der Waals surface area contributed by atoms with Crippen LogP contribution in [-0.2, 0) is 0 Å². The summed E-state index contributed by atoms with van der Waals surface area (Å²) in [5.41, 5.74) is 0.371. The van der Waals surface area contributed by atoms with E-state index < -0.39 is 0 Å². The molecule has 1 aliphatic rings. The Morgan fingerprint density at radius 3 is 2.86 bits per heavy atom. The molecule has 116 valence electrons. The van der Waals surface area contributed by atoms with Gasteiger partial charge in [-0.3, -0.25) is 4.79 Å². The second kappa shape index (κ2) is 7.36. The van der Waals surface area contributed by atoms with Gasteiger partial charge in [0.25, 0.3) is 5.91 Å². The van der Waals surface area contributed by atoms with Gasteiger partial charge in [0.2, 0.25) is 0 Å². The lowest BCUT2D eigenvalue weighted by atomic mass is 9.96. The maximum absolute atomic E-state index is 11.7. The minimum absolute atomic E-state index is 0.171. The molecule has 0 aromatic carbocycles. The summed E-state index contributed by atoms with van der Waals surface area (Å²) >= 11 is 0. The molecule has 0 saturated carbocycles. The summed E-state index contributed by atoms with van der Waals surface area (Å²) in [6.45, 7) is 5.67. The van der Waals surface area contributed by atoms with E-state index in [4.69, 9.17) is 0 Å². The second-order valence-electron chi connectivity index (χ2n) is 5.47. The fourth-order valence-electron chi connectivity index (χ4n) is 2.80. The van der Waals surface area contributed by atoms with Crippen LogP contribution in [0, 0.1) is 0 Å². The third kappa shape index (κ3) is 3.69. The number of anilines is 1. The number of nitrogens with zero attached hydrogens (tertiary/aromatic N) is 3. The monoisotopic (exact) mass is 291 g/mol. The Balaban J connectivity index is 2.14. The molecule has 2 unspecified atom stereocenters. The van der Waals surface area contributed by atoms with Crippen molar-refractivity contribution in [2.24, 2.45) is 0 Å². The van der Waals surface area contributed by atoms with Gasteiger partial charge in [-0.1, -0.05) is 0 Å². The standard InChI is InChI=1S/C15H25N5O/c1-4-17-15(21)12-8-9-14(19-18-12)20-10-6-5-7-13(20)11(2)16-3/h8-9,11,13,16H,4-7,10H2,1-3H3,(H,17,21). The van der Waals surface area contributed by atoms with Crippen LogP contribution in [0.1, 0.15) is 43.6 Å². The lowest BCUT2D eigenvalue weighted by molar-refractivity contribution is 0.0950. The summed E-state index contributed by atoms with van der Waals surface area (Å²) in [5, 5.41) is 14.4. The van der Waals surface area contributed by atoms with Gasteiger partial charge in [-0.2, -0.15) is 0 Å². The van der Waals surface area contributed by atoms with Gasteiger partial charge in [0.15, 0.2) is 11.5 Å². The number of likely N-dealkylation sites (N-methyl/N-ethyl adjacent to an activating group) is 1. The summed E-state index contributed by atoms with van der Waals surface area (Å²) in [5.74, 6) is 0.685. The molecular formula is C15H25N5O. The van der Waals surface area contributed by atoms with Crippen molar-refractivity contribution in [2.75, 3.05) is 25.0 Å². The third-order valence-electron chi connectivity index (χ3n) is 4.10. The van der Waals surface area contributed by atoms with E-state index in [9.17, 15) is 4.79 Å². The van der Waals surface area contributed by atoms with Crippen molar-refractivity contribution >= 4 is 11.7 Å². The predicted molar refractivity (Wildman–Crippen MR) is 83.5 cm³/mol. The van der Waals surface area contributed by atoms with Crippen LogP contribution in [0.4, 0.5) is 5.82 Å². The molecular weight excluding hydrogens is 266 g/mol. The first-order valence-corrected chi connectivity index (χ1v) is 7.73. The first kappa shape index (κ1) is 15.7. The third-order valence-corrected chi connectivity index (χ3v) is 4.10. The zero-order valence-electron chi connectivity index (χ0n) is 13.1. The molecule has 2 rings (SSSR count). The molecule has 2 heterocycles. The Morgan fingerprint density at radius 2 is 2.24 bits per heavy atom. The number of amides is 1. The number of carbonyl (C=O) groups excluding carboxylic acids is 1.